The minimum Gasteiger partial charge on any atom is -0.494 e. The molecule has 0 saturated heterocycles. The lowest BCUT2D eigenvalue weighted by atomic mass is 10.1. The number of amides is 1. The Hall–Kier alpha value is -2.80. The zero-order valence-electron chi connectivity index (χ0n) is 16.8. The first kappa shape index (κ1) is 21.5. The van der Waals surface area contributed by atoms with Crippen molar-refractivity contribution >= 4 is 5.91 Å². The number of ether oxygens (including phenoxy) is 3. The second kappa shape index (κ2) is 10.5. The molecule has 0 saturated carbocycles. The SMILES string of the molecule is COc1ccc(CN(C)CC(=O)NCCc2ccc(OC)c(OC)c2)cc1F. The summed E-state index contributed by atoms with van der Waals surface area (Å²) in [6, 6.07) is 10.5. The van der Waals surface area contributed by atoms with Gasteiger partial charge < -0.3 is 19.5 Å². The standard InChI is InChI=1S/C21H27FN2O4/c1-24(13-16-6-7-18(26-2)17(22)11-16)14-21(25)23-10-9-15-5-8-19(27-3)20(12-15)28-4/h5-8,11-12H,9-10,13-14H2,1-4H3,(H,23,25). The van der Waals surface area contributed by atoms with Gasteiger partial charge >= 0.3 is 0 Å². The molecule has 1 N–H and O–H groups in total. The van der Waals surface area contributed by atoms with Crippen molar-refractivity contribution < 1.29 is 23.4 Å². The predicted molar refractivity (Wildman–Crippen MR) is 106 cm³/mol. The number of nitrogens with one attached hydrogen (secondary N) is 1. The summed E-state index contributed by atoms with van der Waals surface area (Å²) in [4.78, 5) is 14.0. The van der Waals surface area contributed by atoms with Gasteiger partial charge in [-0.1, -0.05) is 12.1 Å². The Kier molecular flexibility index (Phi) is 8.07. The lowest BCUT2D eigenvalue weighted by Gasteiger charge is -2.17. The third kappa shape index (κ3) is 6.13. The summed E-state index contributed by atoms with van der Waals surface area (Å²) in [5.74, 6) is 1.05. The summed E-state index contributed by atoms with van der Waals surface area (Å²) < 4.78 is 29.2. The highest BCUT2D eigenvalue weighted by molar-refractivity contribution is 5.77. The monoisotopic (exact) mass is 390 g/mol. The minimum absolute atomic E-state index is 0.0861. The van der Waals surface area contributed by atoms with Crippen LogP contribution in [0.15, 0.2) is 36.4 Å². The lowest BCUT2D eigenvalue weighted by Crippen LogP contribution is -2.35. The fraction of sp³-hybridized carbons (Fsp3) is 0.381. The molecular weight excluding hydrogens is 363 g/mol. The largest absolute Gasteiger partial charge is 0.494 e. The van der Waals surface area contributed by atoms with E-state index in [1.54, 1.807) is 26.4 Å². The molecule has 0 bridgehead atoms. The van der Waals surface area contributed by atoms with E-state index >= 15 is 0 Å². The molecule has 0 unspecified atom stereocenters. The Labute approximate surface area is 165 Å². The molecule has 6 nitrogen and oxygen atoms in total. The Morgan fingerprint density at radius 3 is 2.25 bits per heavy atom. The van der Waals surface area contributed by atoms with Crippen LogP contribution < -0.4 is 19.5 Å². The summed E-state index contributed by atoms with van der Waals surface area (Å²) in [5, 5.41) is 2.90. The van der Waals surface area contributed by atoms with Crippen molar-refractivity contribution in [2.24, 2.45) is 0 Å². The highest BCUT2D eigenvalue weighted by Gasteiger charge is 2.10. The number of halogens is 1. The molecule has 0 spiro atoms. The van der Waals surface area contributed by atoms with E-state index in [9.17, 15) is 9.18 Å². The Morgan fingerprint density at radius 2 is 1.61 bits per heavy atom. The van der Waals surface area contributed by atoms with E-state index in [-0.39, 0.29) is 18.2 Å². The van der Waals surface area contributed by atoms with Crippen LogP contribution in [0.1, 0.15) is 11.1 Å². The number of carbonyl (C=O) groups excluding carboxylic acids is 1. The Morgan fingerprint density at radius 1 is 0.964 bits per heavy atom. The van der Waals surface area contributed by atoms with Gasteiger partial charge in [-0.15, -0.1) is 0 Å². The summed E-state index contributed by atoms with van der Waals surface area (Å²) in [5.41, 5.74) is 1.82. The Balaban J connectivity index is 1.78. The van der Waals surface area contributed by atoms with Crippen molar-refractivity contribution in [1.82, 2.24) is 10.2 Å². The molecule has 2 aromatic rings. The zero-order valence-corrected chi connectivity index (χ0v) is 16.8. The van der Waals surface area contributed by atoms with Gasteiger partial charge in [0.1, 0.15) is 0 Å². The third-order valence-corrected chi connectivity index (χ3v) is 4.27. The van der Waals surface area contributed by atoms with Crippen molar-refractivity contribution in [1.29, 1.82) is 0 Å². The fourth-order valence-electron chi connectivity index (χ4n) is 2.86. The lowest BCUT2D eigenvalue weighted by molar-refractivity contribution is -0.122. The van der Waals surface area contributed by atoms with Gasteiger partial charge in [0.15, 0.2) is 23.1 Å². The molecule has 0 aliphatic heterocycles. The van der Waals surface area contributed by atoms with Crippen LogP contribution in [-0.2, 0) is 17.8 Å². The second-order valence-corrected chi connectivity index (χ2v) is 6.43. The van der Waals surface area contributed by atoms with Gasteiger partial charge in [-0.05, 0) is 48.9 Å². The smallest absolute Gasteiger partial charge is 0.234 e. The molecule has 0 heterocycles. The first-order valence-corrected chi connectivity index (χ1v) is 8.95. The summed E-state index contributed by atoms with van der Waals surface area (Å²) in [6.45, 7) is 1.20. The van der Waals surface area contributed by atoms with Crippen LogP contribution in [0.3, 0.4) is 0 Å². The van der Waals surface area contributed by atoms with Crippen molar-refractivity contribution in [3.63, 3.8) is 0 Å². The number of hydrogen-bond donors (Lipinski definition) is 1. The van der Waals surface area contributed by atoms with Crippen molar-refractivity contribution in [3.05, 3.63) is 53.3 Å². The van der Waals surface area contributed by atoms with Gasteiger partial charge in [-0.2, -0.15) is 0 Å². The van der Waals surface area contributed by atoms with Crippen molar-refractivity contribution in [2.45, 2.75) is 13.0 Å². The topological polar surface area (TPSA) is 60.0 Å². The molecule has 152 valence electrons. The number of benzene rings is 2. The maximum atomic E-state index is 13.8. The fourth-order valence-corrected chi connectivity index (χ4v) is 2.86. The number of rotatable bonds is 10. The first-order valence-electron chi connectivity index (χ1n) is 8.95. The normalized spacial score (nSPS) is 10.6. The quantitative estimate of drug-likeness (QED) is 0.676. The average molecular weight is 390 g/mol. The Bertz CT molecular complexity index is 798. The van der Waals surface area contributed by atoms with Gasteiger partial charge in [-0.3, -0.25) is 9.69 Å². The number of likely N-dealkylation sites (N-methyl/N-ethyl adjacent to an activating group) is 1. The van der Waals surface area contributed by atoms with E-state index in [1.807, 2.05) is 30.1 Å². The molecule has 0 aliphatic carbocycles. The van der Waals surface area contributed by atoms with Crippen LogP contribution in [0.2, 0.25) is 0 Å². The van der Waals surface area contributed by atoms with E-state index in [1.165, 1.54) is 13.2 Å². The minimum atomic E-state index is -0.409. The van der Waals surface area contributed by atoms with Crippen LogP contribution >= 0.6 is 0 Å². The highest BCUT2D eigenvalue weighted by Crippen LogP contribution is 2.27. The molecule has 0 aromatic heterocycles. The summed E-state index contributed by atoms with van der Waals surface area (Å²) >= 11 is 0. The summed E-state index contributed by atoms with van der Waals surface area (Å²) in [7, 11) is 6.43. The molecule has 2 rings (SSSR count). The molecule has 28 heavy (non-hydrogen) atoms. The van der Waals surface area contributed by atoms with Crippen LogP contribution in [-0.4, -0.2) is 52.3 Å². The number of hydrogen-bond acceptors (Lipinski definition) is 5. The molecule has 1 amide bonds. The van der Waals surface area contributed by atoms with Gasteiger partial charge in [0.05, 0.1) is 27.9 Å². The third-order valence-electron chi connectivity index (χ3n) is 4.27. The zero-order chi connectivity index (χ0) is 20.5. The molecule has 0 atom stereocenters. The number of methoxy groups -OCH3 is 3. The van der Waals surface area contributed by atoms with E-state index in [4.69, 9.17) is 14.2 Å². The van der Waals surface area contributed by atoms with Gasteiger partial charge in [0.2, 0.25) is 5.91 Å². The van der Waals surface area contributed by atoms with Crippen molar-refractivity contribution in [2.75, 3.05) is 41.5 Å². The van der Waals surface area contributed by atoms with Crippen LogP contribution in [0.5, 0.6) is 17.2 Å². The van der Waals surface area contributed by atoms with Crippen molar-refractivity contribution in [3.8, 4) is 17.2 Å². The first-order chi connectivity index (χ1) is 13.5. The molecule has 2 aromatic carbocycles. The molecule has 0 fully saturated rings. The number of nitrogens with zero attached hydrogens (tertiary/aromatic N) is 1. The molecule has 0 aliphatic rings. The van der Waals surface area contributed by atoms with Gasteiger partial charge in [-0.25, -0.2) is 4.39 Å². The number of carbonyl (C=O) groups is 1. The van der Waals surface area contributed by atoms with Crippen LogP contribution in [0.4, 0.5) is 4.39 Å². The second-order valence-electron chi connectivity index (χ2n) is 6.43. The molecular formula is C21H27FN2O4. The average Bonchev–Trinajstić information content (AvgIpc) is 2.67. The maximum Gasteiger partial charge on any atom is 0.234 e. The van der Waals surface area contributed by atoms with Crippen LogP contribution in [0, 0.1) is 5.82 Å². The van der Waals surface area contributed by atoms with E-state index in [2.05, 4.69) is 5.32 Å². The molecule has 0 radical (unpaired) electrons. The van der Waals surface area contributed by atoms with E-state index in [0.717, 1.165) is 11.1 Å². The van der Waals surface area contributed by atoms with Gasteiger partial charge in [0.25, 0.3) is 0 Å². The summed E-state index contributed by atoms with van der Waals surface area (Å²) in [6.07, 6.45) is 0.680. The van der Waals surface area contributed by atoms with Gasteiger partial charge in [0, 0.05) is 13.1 Å². The van der Waals surface area contributed by atoms with Crippen LogP contribution in [0.25, 0.3) is 0 Å². The molecule has 7 heteroatoms. The predicted octanol–water partition coefficient (Wildman–Crippen LogP) is 2.64. The maximum absolute atomic E-state index is 13.8. The highest BCUT2D eigenvalue weighted by atomic mass is 19.1. The van der Waals surface area contributed by atoms with E-state index < -0.39 is 5.82 Å². The van der Waals surface area contributed by atoms with E-state index in [0.29, 0.717) is 31.0 Å².